The Bertz CT molecular complexity index is 592. The second-order valence-electron chi connectivity index (χ2n) is 6.00. The van der Waals surface area contributed by atoms with Crippen molar-refractivity contribution in [3.05, 3.63) is 28.9 Å². The number of ether oxygens (including phenoxy) is 2. The molecule has 0 saturated carbocycles. The monoisotopic (exact) mass is 305 g/mol. The van der Waals surface area contributed by atoms with E-state index in [2.05, 4.69) is 15.0 Å². The molecule has 0 aromatic carbocycles. The number of amides is 1. The lowest BCUT2D eigenvalue weighted by Gasteiger charge is -2.40. The van der Waals surface area contributed by atoms with Crippen LogP contribution < -0.4 is 4.74 Å². The van der Waals surface area contributed by atoms with Gasteiger partial charge in [0.05, 0.1) is 17.9 Å². The average molecular weight is 305 g/mol. The molecule has 0 spiro atoms. The van der Waals surface area contributed by atoms with E-state index in [0.717, 1.165) is 6.42 Å². The molecule has 0 bridgehead atoms. The molecule has 1 amide bonds. The maximum atomic E-state index is 12.0. The molecule has 8 heteroatoms. The first-order valence-electron chi connectivity index (χ1n) is 7.01. The number of pyridine rings is 1. The Morgan fingerprint density at radius 1 is 1.55 bits per heavy atom. The fraction of sp³-hybridized carbons (Fsp3) is 0.571. The number of aromatic nitrogens is 1. The van der Waals surface area contributed by atoms with Gasteiger partial charge in [-0.15, -0.1) is 0 Å². The van der Waals surface area contributed by atoms with Crippen LogP contribution in [-0.2, 0) is 4.74 Å². The van der Waals surface area contributed by atoms with Gasteiger partial charge >= 0.3 is 6.09 Å². The first-order valence-corrected chi connectivity index (χ1v) is 7.01. The summed E-state index contributed by atoms with van der Waals surface area (Å²) in [5, 5.41) is 3.47. The zero-order valence-electron chi connectivity index (χ0n) is 12.9. The third kappa shape index (κ3) is 4.26. The van der Waals surface area contributed by atoms with Gasteiger partial charge in [-0.1, -0.05) is 5.11 Å². The van der Waals surface area contributed by atoms with Crippen molar-refractivity contribution in [2.75, 3.05) is 13.2 Å². The van der Waals surface area contributed by atoms with Crippen molar-refractivity contribution in [2.45, 2.75) is 38.8 Å². The first kappa shape index (κ1) is 15.9. The molecule has 1 atom stereocenters. The Morgan fingerprint density at radius 2 is 2.32 bits per heavy atom. The Kier molecular flexibility index (Phi) is 4.72. The van der Waals surface area contributed by atoms with E-state index in [4.69, 9.17) is 15.0 Å². The number of carbonyl (C=O) groups excluding carboxylic acids is 1. The van der Waals surface area contributed by atoms with Crippen LogP contribution >= 0.6 is 0 Å². The van der Waals surface area contributed by atoms with Crippen LogP contribution in [0.15, 0.2) is 23.6 Å². The molecule has 1 aliphatic rings. The predicted octanol–water partition coefficient (Wildman–Crippen LogP) is 3.41. The van der Waals surface area contributed by atoms with Crippen molar-refractivity contribution < 1.29 is 14.3 Å². The van der Waals surface area contributed by atoms with E-state index in [-0.39, 0.29) is 12.1 Å². The number of rotatable bonds is 4. The molecule has 0 unspecified atom stereocenters. The van der Waals surface area contributed by atoms with Crippen LogP contribution in [0.2, 0.25) is 0 Å². The molecular weight excluding hydrogens is 286 g/mol. The smallest absolute Gasteiger partial charge is 0.410 e. The van der Waals surface area contributed by atoms with Crippen LogP contribution in [0.25, 0.3) is 10.4 Å². The van der Waals surface area contributed by atoms with Crippen molar-refractivity contribution in [3.8, 4) is 5.75 Å². The number of carbonyl (C=O) groups is 1. The average Bonchev–Trinajstić information content (AvgIpc) is 2.36. The molecule has 0 radical (unpaired) electrons. The van der Waals surface area contributed by atoms with Crippen LogP contribution in [0.1, 0.15) is 27.2 Å². The van der Waals surface area contributed by atoms with Gasteiger partial charge in [0.25, 0.3) is 0 Å². The largest absolute Gasteiger partial charge is 0.490 e. The van der Waals surface area contributed by atoms with Crippen molar-refractivity contribution in [3.63, 3.8) is 0 Å². The lowest BCUT2D eigenvalue weighted by atomic mass is 10.1. The maximum absolute atomic E-state index is 12.0. The van der Waals surface area contributed by atoms with Crippen molar-refractivity contribution in [1.29, 1.82) is 0 Å². The normalized spacial score (nSPS) is 17.2. The molecule has 8 nitrogen and oxygen atoms in total. The quantitative estimate of drug-likeness (QED) is 0.483. The number of likely N-dealkylation sites (tertiary alicyclic amines) is 1. The Labute approximate surface area is 128 Å². The van der Waals surface area contributed by atoms with Crippen molar-refractivity contribution >= 4 is 11.8 Å². The highest BCUT2D eigenvalue weighted by Gasteiger charge is 2.35. The molecule has 1 saturated heterocycles. The number of azide groups is 1. The molecule has 0 N–H and O–H groups in total. The van der Waals surface area contributed by atoms with E-state index >= 15 is 0 Å². The van der Waals surface area contributed by atoms with Crippen LogP contribution in [0.4, 0.5) is 10.5 Å². The van der Waals surface area contributed by atoms with Crippen LogP contribution in [-0.4, -0.2) is 40.8 Å². The van der Waals surface area contributed by atoms with Gasteiger partial charge in [-0.25, -0.2) is 4.79 Å². The summed E-state index contributed by atoms with van der Waals surface area (Å²) < 4.78 is 11.0. The molecule has 2 rings (SSSR count). The van der Waals surface area contributed by atoms with Gasteiger partial charge in [-0.3, -0.25) is 4.98 Å². The number of nitrogens with zero attached hydrogens (tertiary/aromatic N) is 5. The van der Waals surface area contributed by atoms with Gasteiger partial charge in [-0.2, -0.15) is 0 Å². The van der Waals surface area contributed by atoms with Crippen molar-refractivity contribution in [1.82, 2.24) is 9.88 Å². The van der Waals surface area contributed by atoms with E-state index in [0.29, 0.717) is 24.6 Å². The Hall–Kier alpha value is -2.47. The molecule has 22 heavy (non-hydrogen) atoms. The fourth-order valence-corrected chi connectivity index (χ4v) is 1.96. The summed E-state index contributed by atoms with van der Waals surface area (Å²) in [5.41, 5.74) is 8.27. The van der Waals surface area contributed by atoms with Gasteiger partial charge in [0, 0.05) is 17.7 Å². The molecular formula is C14H19N5O3. The molecule has 1 fully saturated rings. The molecule has 1 aliphatic heterocycles. The highest BCUT2D eigenvalue weighted by Crippen LogP contribution is 2.23. The summed E-state index contributed by atoms with van der Waals surface area (Å²) in [6.07, 6.45) is 3.52. The minimum Gasteiger partial charge on any atom is -0.490 e. The van der Waals surface area contributed by atoms with Crippen LogP contribution in [0, 0.1) is 0 Å². The third-order valence-corrected chi connectivity index (χ3v) is 3.07. The Morgan fingerprint density at radius 3 is 2.91 bits per heavy atom. The number of hydrogen-bond donors (Lipinski definition) is 0. The predicted molar refractivity (Wildman–Crippen MR) is 79.9 cm³/mol. The maximum Gasteiger partial charge on any atom is 0.410 e. The summed E-state index contributed by atoms with van der Waals surface area (Å²) >= 11 is 0. The second-order valence-corrected chi connectivity index (χ2v) is 6.00. The third-order valence-electron chi connectivity index (χ3n) is 3.07. The summed E-state index contributed by atoms with van der Waals surface area (Å²) in [5.74, 6) is 0.501. The molecule has 118 valence electrons. The summed E-state index contributed by atoms with van der Waals surface area (Å²) in [4.78, 5) is 20.3. The SMILES string of the molecule is CC(C)(C)OC(=O)N1CC[C@H]1COc1cncc(N=[N+]=[N-])c1. The number of hydrogen-bond acceptors (Lipinski definition) is 5. The Balaban J connectivity index is 1.88. The van der Waals surface area contributed by atoms with E-state index in [1.807, 2.05) is 20.8 Å². The lowest BCUT2D eigenvalue weighted by molar-refractivity contribution is -0.0141. The summed E-state index contributed by atoms with van der Waals surface area (Å²) in [6.45, 7) is 6.52. The van der Waals surface area contributed by atoms with Gasteiger partial charge in [0.15, 0.2) is 0 Å². The first-order chi connectivity index (χ1) is 10.4. The molecule has 2 heterocycles. The van der Waals surface area contributed by atoms with E-state index in [9.17, 15) is 4.79 Å². The highest BCUT2D eigenvalue weighted by atomic mass is 16.6. The molecule has 1 aromatic heterocycles. The zero-order valence-corrected chi connectivity index (χ0v) is 12.9. The molecule has 1 aromatic rings. The van der Waals surface area contributed by atoms with Crippen LogP contribution in [0.5, 0.6) is 5.75 Å². The van der Waals surface area contributed by atoms with Gasteiger partial charge in [0.2, 0.25) is 0 Å². The standard InChI is InChI=1S/C14H19N5O3/c1-14(2,3)22-13(20)19-5-4-11(19)9-21-12-6-10(17-18-15)7-16-8-12/h6-8,11H,4-5,9H2,1-3H3/t11-/m0/s1. The van der Waals surface area contributed by atoms with Crippen molar-refractivity contribution in [2.24, 2.45) is 5.11 Å². The molecule has 0 aliphatic carbocycles. The van der Waals surface area contributed by atoms with E-state index < -0.39 is 5.60 Å². The lowest BCUT2D eigenvalue weighted by Crippen LogP contribution is -2.55. The van der Waals surface area contributed by atoms with E-state index in [1.54, 1.807) is 11.0 Å². The zero-order chi connectivity index (χ0) is 16.2. The fourth-order valence-electron chi connectivity index (χ4n) is 1.96. The minimum atomic E-state index is -0.508. The van der Waals surface area contributed by atoms with Gasteiger partial charge < -0.3 is 14.4 Å². The van der Waals surface area contributed by atoms with E-state index in [1.165, 1.54) is 12.4 Å². The minimum absolute atomic E-state index is 0.0158. The second kappa shape index (κ2) is 6.53. The topological polar surface area (TPSA) is 100 Å². The summed E-state index contributed by atoms with van der Waals surface area (Å²) in [6, 6.07) is 1.58. The van der Waals surface area contributed by atoms with Crippen LogP contribution in [0.3, 0.4) is 0 Å². The van der Waals surface area contributed by atoms with Gasteiger partial charge in [0.1, 0.15) is 18.0 Å². The summed E-state index contributed by atoms with van der Waals surface area (Å²) in [7, 11) is 0. The van der Waals surface area contributed by atoms with Gasteiger partial charge in [-0.05, 0) is 38.8 Å². The highest BCUT2D eigenvalue weighted by molar-refractivity contribution is 5.69.